The first-order valence-corrected chi connectivity index (χ1v) is 3.65. The van der Waals surface area contributed by atoms with Crippen molar-refractivity contribution in [2.24, 2.45) is 4.99 Å². The highest BCUT2D eigenvalue weighted by molar-refractivity contribution is 6.05. The molecule has 0 atom stereocenters. The van der Waals surface area contributed by atoms with E-state index in [1.165, 1.54) is 0 Å². The lowest BCUT2D eigenvalue weighted by Gasteiger charge is -1.96. The number of nitriles is 1. The van der Waals surface area contributed by atoms with E-state index in [0.717, 1.165) is 16.9 Å². The van der Waals surface area contributed by atoms with Gasteiger partial charge in [-0.3, -0.25) is 0 Å². The highest BCUT2D eigenvalue weighted by Gasteiger charge is 2.13. The summed E-state index contributed by atoms with van der Waals surface area (Å²) < 4.78 is 0. The highest BCUT2D eigenvalue weighted by Crippen LogP contribution is 2.27. The van der Waals surface area contributed by atoms with E-state index in [0.29, 0.717) is 12.1 Å². The Kier molecular flexibility index (Phi) is 1.34. The maximum atomic E-state index is 8.60. The second-order valence-corrected chi connectivity index (χ2v) is 2.74. The van der Waals surface area contributed by atoms with Gasteiger partial charge >= 0.3 is 0 Å². The summed E-state index contributed by atoms with van der Waals surface area (Å²) in [6.45, 7) is 0. The quantitative estimate of drug-likeness (QED) is 0.579. The summed E-state index contributed by atoms with van der Waals surface area (Å²) in [4.78, 5) is 4.11. The standard InChI is InChI=1S/C9H7N3/c10-5-8-4-6-3-7(11)1-2-9(6)12-8/h1-3H,4,11H2. The van der Waals surface area contributed by atoms with Crippen molar-refractivity contribution >= 4 is 17.1 Å². The minimum Gasteiger partial charge on any atom is -0.399 e. The molecule has 2 rings (SSSR count). The van der Waals surface area contributed by atoms with Gasteiger partial charge in [0.2, 0.25) is 0 Å². The molecule has 0 aromatic heterocycles. The largest absolute Gasteiger partial charge is 0.399 e. The van der Waals surface area contributed by atoms with Crippen molar-refractivity contribution in [1.82, 2.24) is 0 Å². The molecule has 3 heteroatoms. The molecule has 1 heterocycles. The topological polar surface area (TPSA) is 62.2 Å². The minimum atomic E-state index is 0.565. The predicted octanol–water partition coefficient (Wildman–Crippen LogP) is 1.42. The van der Waals surface area contributed by atoms with Gasteiger partial charge in [0, 0.05) is 12.1 Å². The van der Waals surface area contributed by atoms with Crippen molar-refractivity contribution in [3.63, 3.8) is 0 Å². The normalized spacial score (nSPS) is 13.4. The fourth-order valence-corrected chi connectivity index (χ4v) is 1.29. The van der Waals surface area contributed by atoms with Crippen LogP contribution in [-0.2, 0) is 6.42 Å². The van der Waals surface area contributed by atoms with Crippen molar-refractivity contribution in [2.45, 2.75) is 6.42 Å². The van der Waals surface area contributed by atoms with Crippen LogP contribution in [0.25, 0.3) is 0 Å². The van der Waals surface area contributed by atoms with Gasteiger partial charge in [0.25, 0.3) is 0 Å². The van der Waals surface area contributed by atoms with Crippen LogP contribution >= 0.6 is 0 Å². The molecule has 12 heavy (non-hydrogen) atoms. The van der Waals surface area contributed by atoms with Crippen molar-refractivity contribution in [1.29, 1.82) is 5.26 Å². The molecule has 0 fully saturated rings. The van der Waals surface area contributed by atoms with Gasteiger partial charge in [-0.15, -0.1) is 0 Å². The molecule has 1 aliphatic rings. The average Bonchev–Trinajstić information content (AvgIpc) is 2.46. The summed E-state index contributed by atoms with van der Waals surface area (Å²) in [6, 6.07) is 7.54. The maximum absolute atomic E-state index is 8.60. The molecule has 1 aliphatic heterocycles. The molecule has 2 N–H and O–H groups in total. The molecule has 0 aliphatic carbocycles. The monoisotopic (exact) mass is 157 g/mol. The lowest BCUT2D eigenvalue weighted by atomic mass is 10.1. The molecule has 58 valence electrons. The molecule has 0 unspecified atom stereocenters. The van der Waals surface area contributed by atoms with E-state index >= 15 is 0 Å². The molecule has 0 saturated heterocycles. The summed E-state index contributed by atoms with van der Waals surface area (Å²) >= 11 is 0. The van der Waals surface area contributed by atoms with Crippen molar-refractivity contribution in [3.05, 3.63) is 23.8 Å². The van der Waals surface area contributed by atoms with Crippen LogP contribution < -0.4 is 5.73 Å². The van der Waals surface area contributed by atoms with E-state index in [-0.39, 0.29) is 0 Å². The number of nitrogen functional groups attached to an aromatic ring is 1. The average molecular weight is 157 g/mol. The van der Waals surface area contributed by atoms with E-state index in [1.54, 1.807) is 6.07 Å². The fraction of sp³-hybridized carbons (Fsp3) is 0.111. The second-order valence-electron chi connectivity index (χ2n) is 2.74. The smallest absolute Gasteiger partial charge is 0.122 e. The third-order valence-corrected chi connectivity index (χ3v) is 1.85. The Morgan fingerprint density at radius 2 is 2.33 bits per heavy atom. The van der Waals surface area contributed by atoms with Crippen molar-refractivity contribution in [2.75, 3.05) is 5.73 Å². The summed E-state index contributed by atoms with van der Waals surface area (Å²) in [5.74, 6) is 0. The highest BCUT2D eigenvalue weighted by atomic mass is 14.8. The third-order valence-electron chi connectivity index (χ3n) is 1.85. The van der Waals surface area contributed by atoms with Gasteiger partial charge in [0.1, 0.15) is 11.8 Å². The van der Waals surface area contributed by atoms with Gasteiger partial charge in [0.05, 0.1) is 5.69 Å². The Hall–Kier alpha value is -1.82. The first-order chi connectivity index (χ1) is 5.79. The fourth-order valence-electron chi connectivity index (χ4n) is 1.29. The van der Waals surface area contributed by atoms with E-state index in [9.17, 15) is 0 Å². The first-order valence-electron chi connectivity index (χ1n) is 3.65. The minimum absolute atomic E-state index is 0.565. The molecular formula is C9H7N3. The molecule has 0 amide bonds. The summed E-state index contributed by atoms with van der Waals surface area (Å²) in [6.07, 6.45) is 0.622. The summed E-state index contributed by atoms with van der Waals surface area (Å²) in [5, 5.41) is 8.60. The molecule has 1 aromatic rings. The molecule has 0 saturated carbocycles. The SMILES string of the molecule is N#CC1=Nc2ccc(N)cc2C1. The van der Waals surface area contributed by atoms with Gasteiger partial charge in [-0.05, 0) is 23.8 Å². The predicted molar refractivity (Wildman–Crippen MR) is 47.3 cm³/mol. The molecule has 0 spiro atoms. The Morgan fingerprint density at radius 1 is 1.50 bits per heavy atom. The number of rotatable bonds is 0. The number of nitrogens with two attached hydrogens (primary N) is 1. The Morgan fingerprint density at radius 3 is 3.08 bits per heavy atom. The summed E-state index contributed by atoms with van der Waals surface area (Å²) in [5.41, 5.74) is 8.80. The van der Waals surface area contributed by atoms with E-state index in [2.05, 4.69) is 4.99 Å². The van der Waals surface area contributed by atoms with Crippen LogP contribution in [0.2, 0.25) is 0 Å². The van der Waals surface area contributed by atoms with Crippen LogP contribution in [0.3, 0.4) is 0 Å². The number of fused-ring (bicyclic) bond motifs is 1. The number of aliphatic imine (C=N–C) groups is 1. The van der Waals surface area contributed by atoms with Crippen LogP contribution in [0.1, 0.15) is 5.56 Å². The maximum Gasteiger partial charge on any atom is 0.122 e. The molecule has 0 radical (unpaired) electrons. The number of hydrogen-bond acceptors (Lipinski definition) is 3. The van der Waals surface area contributed by atoms with Crippen LogP contribution in [0.15, 0.2) is 23.2 Å². The van der Waals surface area contributed by atoms with E-state index < -0.39 is 0 Å². The van der Waals surface area contributed by atoms with Crippen LogP contribution in [0.5, 0.6) is 0 Å². The number of hydrogen-bond donors (Lipinski definition) is 1. The van der Waals surface area contributed by atoms with Gasteiger partial charge in [-0.2, -0.15) is 5.26 Å². The van der Waals surface area contributed by atoms with Gasteiger partial charge < -0.3 is 5.73 Å². The molecule has 1 aromatic carbocycles. The zero-order chi connectivity index (χ0) is 8.55. The van der Waals surface area contributed by atoms with Crippen molar-refractivity contribution in [3.8, 4) is 6.07 Å². The van der Waals surface area contributed by atoms with E-state index in [1.807, 2.05) is 18.2 Å². The molecule has 3 nitrogen and oxygen atoms in total. The van der Waals surface area contributed by atoms with Crippen LogP contribution in [0, 0.1) is 11.3 Å². The number of anilines is 1. The lowest BCUT2D eigenvalue weighted by molar-refractivity contribution is 1.40. The Labute approximate surface area is 70.1 Å². The zero-order valence-electron chi connectivity index (χ0n) is 6.41. The third kappa shape index (κ3) is 0.940. The van der Waals surface area contributed by atoms with E-state index in [4.69, 9.17) is 11.0 Å². The van der Waals surface area contributed by atoms with Gasteiger partial charge in [-0.25, -0.2) is 4.99 Å². The van der Waals surface area contributed by atoms with Crippen molar-refractivity contribution < 1.29 is 0 Å². The second kappa shape index (κ2) is 2.35. The zero-order valence-corrected chi connectivity index (χ0v) is 6.41. The summed E-state index contributed by atoms with van der Waals surface area (Å²) in [7, 11) is 0. The number of benzene rings is 1. The Balaban J connectivity index is 2.48. The molecule has 0 bridgehead atoms. The van der Waals surface area contributed by atoms with Gasteiger partial charge in [0.15, 0.2) is 0 Å². The lowest BCUT2D eigenvalue weighted by Crippen LogP contribution is -1.92. The van der Waals surface area contributed by atoms with Gasteiger partial charge in [-0.1, -0.05) is 0 Å². The van der Waals surface area contributed by atoms with Crippen LogP contribution in [0.4, 0.5) is 11.4 Å². The Bertz CT molecular complexity index is 399. The molecular weight excluding hydrogens is 150 g/mol. The van der Waals surface area contributed by atoms with Crippen LogP contribution in [-0.4, -0.2) is 5.71 Å². The first kappa shape index (κ1) is 6.86. The number of nitrogens with zero attached hydrogens (tertiary/aromatic N) is 2.